The quantitative estimate of drug-likeness (QED) is 0.434. The van der Waals surface area contributed by atoms with E-state index < -0.39 is 0 Å². The summed E-state index contributed by atoms with van der Waals surface area (Å²) < 4.78 is 2.05. The number of aryl methyl sites for hydroxylation is 1. The maximum absolute atomic E-state index is 4.71. The molecule has 0 aliphatic rings. The van der Waals surface area contributed by atoms with Crippen LogP contribution in [0.4, 0.5) is 0 Å². The molecule has 1 atom stereocenters. The maximum Gasteiger partial charge on any atom is 0.106 e. The van der Waals surface area contributed by atoms with Crippen LogP contribution in [0.15, 0.2) is 54.9 Å². The van der Waals surface area contributed by atoms with Gasteiger partial charge in [0, 0.05) is 47.5 Å². The summed E-state index contributed by atoms with van der Waals surface area (Å²) in [5.41, 5.74) is 4.62. The fraction of sp³-hybridized carbons (Fsp3) is 0.333. The topological polar surface area (TPSA) is 58.5 Å². The van der Waals surface area contributed by atoms with Crippen LogP contribution in [0.1, 0.15) is 55.5 Å². The van der Waals surface area contributed by atoms with E-state index in [4.69, 9.17) is 5.10 Å². The van der Waals surface area contributed by atoms with Crippen LogP contribution >= 0.6 is 0 Å². The Morgan fingerprint density at radius 2 is 1.93 bits per heavy atom. The first kappa shape index (κ1) is 19.4. The van der Waals surface area contributed by atoms with E-state index in [9.17, 15) is 0 Å². The van der Waals surface area contributed by atoms with Gasteiger partial charge in [0.15, 0.2) is 0 Å². The van der Waals surface area contributed by atoms with Crippen molar-refractivity contribution in [1.82, 2.24) is 25.1 Å². The summed E-state index contributed by atoms with van der Waals surface area (Å²) >= 11 is 0. The zero-order valence-electron chi connectivity index (χ0n) is 17.4. The van der Waals surface area contributed by atoms with E-state index in [0.29, 0.717) is 0 Å². The number of unbranched alkanes of at least 4 members (excludes halogenated alkanes) is 1. The molecule has 4 aromatic rings. The summed E-state index contributed by atoms with van der Waals surface area (Å²) in [6, 6.07) is 15.0. The second kappa shape index (κ2) is 8.62. The molecule has 4 rings (SSSR count). The van der Waals surface area contributed by atoms with Crippen molar-refractivity contribution >= 4 is 10.8 Å². The van der Waals surface area contributed by atoms with E-state index in [-0.39, 0.29) is 6.04 Å². The summed E-state index contributed by atoms with van der Waals surface area (Å²) in [7, 11) is 0. The van der Waals surface area contributed by atoms with Crippen molar-refractivity contribution in [3.8, 4) is 5.69 Å². The zero-order chi connectivity index (χ0) is 20.2. The third kappa shape index (κ3) is 4.10. The Hall–Kier alpha value is -2.92. The molecule has 150 valence electrons. The minimum Gasteiger partial charge on any atom is -0.345 e. The first-order chi connectivity index (χ1) is 14.2. The fourth-order valence-corrected chi connectivity index (χ4v) is 3.82. The molecule has 0 radical (unpaired) electrons. The summed E-state index contributed by atoms with van der Waals surface area (Å²) in [6.07, 6.45) is 7.29. The minimum absolute atomic E-state index is 0.195. The van der Waals surface area contributed by atoms with E-state index in [1.165, 1.54) is 29.2 Å². The number of nitrogens with one attached hydrogen (secondary N) is 2. The number of H-pyrrole nitrogens is 1. The lowest BCUT2D eigenvalue weighted by Gasteiger charge is -2.14. The van der Waals surface area contributed by atoms with Crippen LogP contribution in [0.25, 0.3) is 16.5 Å². The van der Waals surface area contributed by atoms with Gasteiger partial charge in [0.1, 0.15) is 5.82 Å². The predicted molar refractivity (Wildman–Crippen MR) is 118 cm³/mol. The third-order valence-electron chi connectivity index (χ3n) is 5.56. The van der Waals surface area contributed by atoms with Crippen LogP contribution in [0.2, 0.25) is 0 Å². The van der Waals surface area contributed by atoms with Gasteiger partial charge in [0.25, 0.3) is 0 Å². The Kier molecular flexibility index (Phi) is 5.76. The molecule has 2 aromatic carbocycles. The Labute approximate surface area is 172 Å². The van der Waals surface area contributed by atoms with Crippen molar-refractivity contribution in [2.45, 2.75) is 52.6 Å². The molecular formula is C24H29N5. The van der Waals surface area contributed by atoms with Gasteiger partial charge in [0.05, 0.1) is 11.9 Å². The van der Waals surface area contributed by atoms with Crippen molar-refractivity contribution in [2.24, 2.45) is 0 Å². The van der Waals surface area contributed by atoms with Crippen LogP contribution in [-0.2, 0) is 13.0 Å². The van der Waals surface area contributed by atoms with Crippen molar-refractivity contribution in [3.05, 3.63) is 77.6 Å². The number of aromatic amines is 1. The molecule has 0 aliphatic carbocycles. The molecule has 0 unspecified atom stereocenters. The smallest absolute Gasteiger partial charge is 0.106 e. The van der Waals surface area contributed by atoms with Gasteiger partial charge in [-0.1, -0.05) is 49.7 Å². The molecule has 0 saturated heterocycles. The van der Waals surface area contributed by atoms with E-state index >= 15 is 0 Å². The predicted octanol–water partition coefficient (Wildman–Crippen LogP) is 5.25. The number of fused-ring (bicyclic) bond motifs is 1. The Balaban J connectivity index is 1.50. The molecule has 0 aliphatic heterocycles. The van der Waals surface area contributed by atoms with Gasteiger partial charge in [-0.05, 0) is 31.7 Å². The third-order valence-corrected chi connectivity index (χ3v) is 5.56. The lowest BCUT2D eigenvalue weighted by molar-refractivity contribution is 0.565. The molecule has 29 heavy (non-hydrogen) atoms. The molecule has 0 fully saturated rings. The molecule has 2 heterocycles. The number of rotatable bonds is 8. The number of imidazole rings is 1. The van der Waals surface area contributed by atoms with Crippen LogP contribution in [0, 0.1) is 6.92 Å². The highest BCUT2D eigenvalue weighted by molar-refractivity contribution is 5.90. The zero-order valence-corrected chi connectivity index (χ0v) is 17.4. The van der Waals surface area contributed by atoms with Gasteiger partial charge in [-0.3, -0.25) is 0 Å². The van der Waals surface area contributed by atoms with E-state index in [1.807, 2.05) is 12.4 Å². The van der Waals surface area contributed by atoms with Crippen molar-refractivity contribution in [3.63, 3.8) is 0 Å². The second-order valence-electron chi connectivity index (χ2n) is 7.66. The number of nitrogens with zero attached hydrogens (tertiary/aromatic N) is 3. The standard InChI is InChI=1S/C24H29N5/c1-4-5-13-24-26-15-20(28-24)14-25-17(2)22-16-27-29(18(22)3)23-12-8-10-19-9-6-7-11-21(19)23/h6-12,15-17,25H,4-5,13-14H2,1-3H3,(H,26,28)/t17-/m0/s1. The first-order valence-electron chi connectivity index (χ1n) is 10.5. The molecule has 0 spiro atoms. The number of hydrogen-bond acceptors (Lipinski definition) is 3. The van der Waals surface area contributed by atoms with Crippen LogP contribution in [0.5, 0.6) is 0 Å². The highest BCUT2D eigenvalue weighted by atomic mass is 15.3. The Morgan fingerprint density at radius 3 is 2.79 bits per heavy atom. The second-order valence-corrected chi connectivity index (χ2v) is 7.66. The summed E-state index contributed by atoms with van der Waals surface area (Å²) in [4.78, 5) is 7.91. The molecule has 2 N–H and O–H groups in total. The maximum atomic E-state index is 4.71. The van der Waals surface area contributed by atoms with Gasteiger partial charge in [-0.25, -0.2) is 9.67 Å². The Morgan fingerprint density at radius 1 is 1.10 bits per heavy atom. The van der Waals surface area contributed by atoms with E-state index in [1.54, 1.807) is 0 Å². The van der Waals surface area contributed by atoms with Crippen LogP contribution in [0.3, 0.4) is 0 Å². The average Bonchev–Trinajstić information content (AvgIpc) is 3.36. The lowest BCUT2D eigenvalue weighted by Crippen LogP contribution is -2.19. The molecule has 2 aromatic heterocycles. The number of aromatic nitrogens is 4. The summed E-state index contributed by atoms with van der Waals surface area (Å²) in [5, 5.41) is 10.8. The van der Waals surface area contributed by atoms with Crippen molar-refractivity contribution in [2.75, 3.05) is 0 Å². The monoisotopic (exact) mass is 387 g/mol. The summed E-state index contributed by atoms with van der Waals surface area (Å²) in [5.74, 6) is 1.08. The van der Waals surface area contributed by atoms with Gasteiger partial charge < -0.3 is 10.3 Å². The van der Waals surface area contributed by atoms with Gasteiger partial charge in [-0.15, -0.1) is 0 Å². The summed E-state index contributed by atoms with van der Waals surface area (Å²) in [6.45, 7) is 7.29. The molecule has 5 nitrogen and oxygen atoms in total. The van der Waals surface area contributed by atoms with Gasteiger partial charge in [0.2, 0.25) is 0 Å². The van der Waals surface area contributed by atoms with Crippen LogP contribution < -0.4 is 5.32 Å². The molecule has 0 amide bonds. The molecule has 5 heteroatoms. The Bertz CT molecular complexity index is 1090. The van der Waals surface area contributed by atoms with Crippen molar-refractivity contribution < 1.29 is 0 Å². The highest BCUT2D eigenvalue weighted by Crippen LogP contribution is 2.26. The molecular weight excluding hydrogens is 358 g/mol. The highest BCUT2D eigenvalue weighted by Gasteiger charge is 2.15. The molecule has 0 bridgehead atoms. The minimum atomic E-state index is 0.195. The molecule has 0 saturated carbocycles. The SMILES string of the molecule is CCCCc1ncc(CN[C@@H](C)c2cnn(-c3cccc4ccccc34)c2C)[nH]1. The van der Waals surface area contributed by atoms with Gasteiger partial charge >= 0.3 is 0 Å². The van der Waals surface area contributed by atoms with Gasteiger partial charge in [-0.2, -0.15) is 5.10 Å². The lowest BCUT2D eigenvalue weighted by atomic mass is 10.1. The van der Waals surface area contributed by atoms with Crippen LogP contribution in [-0.4, -0.2) is 19.7 Å². The average molecular weight is 388 g/mol. The fourth-order valence-electron chi connectivity index (χ4n) is 3.82. The number of benzene rings is 2. The van der Waals surface area contributed by atoms with E-state index in [2.05, 4.69) is 83.2 Å². The first-order valence-corrected chi connectivity index (χ1v) is 10.5. The van der Waals surface area contributed by atoms with Crippen molar-refractivity contribution in [1.29, 1.82) is 0 Å². The largest absolute Gasteiger partial charge is 0.345 e. The normalized spacial score (nSPS) is 12.5. The number of hydrogen-bond donors (Lipinski definition) is 2. The van der Waals surface area contributed by atoms with E-state index in [0.717, 1.165) is 35.9 Å².